The molecule has 1 aliphatic rings. The lowest BCUT2D eigenvalue weighted by Gasteiger charge is -2.22. The molecule has 3 rings (SSSR count). The summed E-state index contributed by atoms with van der Waals surface area (Å²) >= 11 is 7.14. The van der Waals surface area contributed by atoms with Crippen molar-refractivity contribution in [1.29, 1.82) is 5.26 Å². The SMILES string of the molecule is C[C@](C#N)(NC(=O)COC(=O)c1sc2cc(F)ccc2c1Cl)C1CC1. The molecule has 0 saturated heterocycles. The van der Waals surface area contributed by atoms with Gasteiger partial charge in [-0.2, -0.15) is 5.26 Å². The zero-order chi connectivity index (χ0) is 18.2. The Balaban J connectivity index is 1.66. The maximum Gasteiger partial charge on any atom is 0.350 e. The minimum atomic E-state index is -0.948. The molecule has 8 heteroatoms. The van der Waals surface area contributed by atoms with Crippen molar-refractivity contribution in [2.24, 2.45) is 5.92 Å². The Morgan fingerprint density at radius 1 is 1.52 bits per heavy atom. The van der Waals surface area contributed by atoms with E-state index >= 15 is 0 Å². The number of fused-ring (bicyclic) bond motifs is 1. The van der Waals surface area contributed by atoms with Gasteiger partial charge in [-0.25, -0.2) is 9.18 Å². The number of nitriles is 1. The summed E-state index contributed by atoms with van der Waals surface area (Å²) in [5, 5.41) is 12.5. The number of esters is 1. The van der Waals surface area contributed by atoms with Crippen molar-refractivity contribution in [3.63, 3.8) is 0 Å². The van der Waals surface area contributed by atoms with Crippen molar-refractivity contribution in [3.8, 4) is 6.07 Å². The van der Waals surface area contributed by atoms with E-state index in [9.17, 15) is 19.2 Å². The van der Waals surface area contributed by atoms with Crippen LogP contribution in [-0.4, -0.2) is 24.0 Å². The van der Waals surface area contributed by atoms with Crippen LogP contribution in [0.2, 0.25) is 5.02 Å². The predicted molar refractivity (Wildman–Crippen MR) is 92.0 cm³/mol. The summed E-state index contributed by atoms with van der Waals surface area (Å²) in [7, 11) is 0. The molecule has 0 bridgehead atoms. The van der Waals surface area contributed by atoms with Crippen molar-refractivity contribution in [1.82, 2.24) is 5.32 Å². The Bertz CT molecular complexity index is 903. The second kappa shape index (κ2) is 6.62. The molecule has 1 atom stereocenters. The lowest BCUT2D eigenvalue weighted by molar-refractivity contribution is -0.125. The molecule has 1 aromatic heterocycles. The third-order valence-corrected chi connectivity index (χ3v) is 5.77. The van der Waals surface area contributed by atoms with Crippen LogP contribution in [-0.2, 0) is 9.53 Å². The molecular weight excluding hydrogens is 367 g/mol. The fourth-order valence-corrected chi connectivity index (χ4v) is 4.00. The molecule has 1 fully saturated rings. The summed E-state index contributed by atoms with van der Waals surface area (Å²) in [6.45, 7) is 1.14. The van der Waals surface area contributed by atoms with E-state index < -0.39 is 29.8 Å². The average Bonchev–Trinajstić information content (AvgIpc) is 3.38. The van der Waals surface area contributed by atoms with Gasteiger partial charge in [0.15, 0.2) is 6.61 Å². The minimum absolute atomic E-state index is 0.111. The third-order valence-electron chi connectivity index (χ3n) is 4.14. The molecular formula is C17H14ClFN2O3S. The molecule has 1 saturated carbocycles. The van der Waals surface area contributed by atoms with Gasteiger partial charge in [-0.1, -0.05) is 11.6 Å². The first-order valence-electron chi connectivity index (χ1n) is 7.61. The molecule has 1 aromatic carbocycles. The largest absolute Gasteiger partial charge is 0.451 e. The van der Waals surface area contributed by atoms with Crippen molar-refractivity contribution in [2.45, 2.75) is 25.3 Å². The lowest BCUT2D eigenvalue weighted by Crippen LogP contribution is -2.48. The van der Waals surface area contributed by atoms with E-state index in [2.05, 4.69) is 11.4 Å². The Kier molecular flexibility index (Phi) is 4.67. The molecule has 25 heavy (non-hydrogen) atoms. The molecule has 0 radical (unpaired) electrons. The number of carbonyl (C=O) groups excluding carboxylic acids is 2. The molecule has 1 N–H and O–H groups in total. The van der Waals surface area contributed by atoms with Gasteiger partial charge < -0.3 is 10.1 Å². The Morgan fingerprint density at radius 2 is 2.24 bits per heavy atom. The molecule has 2 aromatic rings. The van der Waals surface area contributed by atoms with E-state index in [1.807, 2.05) is 0 Å². The second-order valence-corrected chi connectivity index (χ2v) is 7.53. The second-order valence-electron chi connectivity index (χ2n) is 6.10. The van der Waals surface area contributed by atoms with Crippen molar-refractivity contribution >= 4 is 44.9 Å². The van der Waals surface area contributed by atoms with E-state index in [1.165, 1.54) is 18.2 Å². The van der Waals surface area contributed by atoms with E-state index in [1.54, 1.807) is 6.92 Å². The zero-order valence-corrected chi connectivity index (χ0v) is 14.8. The van der Waals surface area contributed by atoms with Crippen LogP contribution in [0, 0.1) is 23.1 Å². The van der Waals surface area contributed by atoms with Crippen LogP contribution >= 0.6 is 22.9 Å². The van der Waals surface area contributed by atoms with Gasteiger partial charge >= 0.3 is 5.97 Å². The number of rotatable bonds is 5. The Hall–Kier alpha value is -2.17. The van der Waals surface area contributed by atoms with Crippen LogP contribution in [0.25, 0.3) is 10.1 Å². The Labute approximate surface area is 152 Å². The number of hydrogen-bond donors (Lipinski definition) is 1. The zero-order valence-electron chi connectivity index (χ0n) is 13.3. The number of nitrogens with one attached hydrogen (secondary N) is 1. The third kappa shape index (κ3) is 3.60. The fraction of sp³-hybridized carbons (Fsp3) is 0.353. The first kappa shape index (κ1) is 17.6. The van der Waals surface area contributed by atoms with Crippen LogP contribution in [0.15, 0.2) is 18.2 Å². The minimum Gasteiger partial charge on any atom is -0.451 e. The smallest absolute Gasteiger partial charge is 0.350 e. The van der Waals surface area contributed by atoms with E-state index in [0.29, 0.717) is 10.1 Å². The van der Waals surface area contributed by atoms with Gasteiger partial charge in [0.25, 0.3) is 5.91 Å². The van der Waals surface area contributed by atoms with Crippen LogP contribution < -0.4 is 5.32 Å². The quantitative estimate of drug-likeness (QED) is 0.803. The molecule has 0 spiro atoms. The number of amides is 1. The monoisotopic (exact) mass is 380 g/mol. The number of carbonyl (C=O) groups is 2. The number of ether oxygens (including phenoxy) is 1. The van der Waals surface area contributed by atoms with Crippen LogP contribution in [0.1, 0.15) is 29.4 Å². The maximum atomic E-state index is 13.3. The van der Waals surface area contributed by atoms with Gasteiger partial charge in [-0.3, -0.25) is 4.79 Å². The fourth-order valence-electron chi connectivity index (χ4n) is 2.57. The summed E-state index contributed by atoms with van der Waals surface area (Å²) in [6.07, 6.45) is 1.77. The number of halogens is 2. The van der Waals surface area contributed by atoms with Crippen LogP contribution in [0.4, 0.5) is 4.39 Å². The summed E-state index contributed by atoms with van der Waals surface area (Å²) in [5.41, 5.74) is -0.948. The molecule has 0 aliphatic heterocycles. The highest BCUT2D eigenvalue weighted by molar-refractivity contribution is 7.21. The molecule has 1 aliphatic carbocycles. The molecule has 1 amide bonds. The van der Waals surface area contributed by atoms with Crippen LogP contribution in [0.5, 0.6) is 0 Å². The van der Waals surface area contributed by atoms with Crippen molar-refractivity contribution in [2.75, 3.05) is 6.61 Å². The highest BCUT2D eigenvalue weighted by Gasteiger charge is 2.43. The topological polar surface area (TPSA) is 79.2 Å². The number of thiophene rings is 1. The highest BCUT2D eigenvalue weighted by atomic mass is 35.5. The summed E-state index contributed by atoms with van der Waals surface area (Å²) < 4.78 is 18.8. The number of hydrogen-bond acceptors (Lipinski definition) is 5. The molecule has 5 nitrogen and oxygen atoms in total. The van der Waals surface area contributed by atoms with Crippen molar-refractivity contribution in [3.05, 3.63) is 33.9 Å². The van der Waals surface area contributed by atoms with Gasteiger partial charge in [0.05, 0.1) is 11.1 Å². The highest BCUT2D eigenvalue weighted by Crippen LogP contribution is 2.39. The van der Waals surface area contributed by atoms with Gasteiger partial charge in [0, 0.05) is 10.1 Å². The van der Waals surface area contributed by atoms with Gasteiger partial charge in [-0.05, 0) is 43.9 Å². The molecule has 1 heterocycles. The van der Waals surface area contributed by atoms with Crippen LogP contribution in [0.3, 0.4) is 0 Å². The maximum absolute atomic E-state index is 13.3. The number of nitrogens with zero attached hydrogens (tertiary/aromatic N) is 1. The average molecular weight is 381 g/mol. The standard InChI is InChI=1S/C17H14ClFN2O3S/c1-17(8-20,9-2-3-9)21-13(22)7-24-16(23)15-14(18)11-5-4-10(19)6-12(11)25-15/h4-6,9H,2-3,7H2,1H3,(H,21,22)/t17-/m1/s1. The molecule has 130 valence electrons. The lowest BCUT2D eigenvalue weighted by atomic mass is 9.98. The predicted octanol–water partition coefficient (Wildman–Crippen LogP) is 3.66. The van der Waals surface area contributed by atoms with E-state index in [-0.39, 0.29) is 15.8 Å². The normalized spacial score (nSPS) is 16.1. The first-order valence-corrected chi connectivity index (χ1v) is 8.80. The van der Waals surface area contributed by atoms with Gasteiger partial charge in [0.1, 0.15) is 16.2 Å². The van der Waals surface area contributed by atoms with Gasteiger partial charge in [0.2, 0.25) is 0 Å². The van der Waals surface area contributed by atoms with Crippen molar-refractivity contribution < 1.29 is 18.7 Å². The van der Waals surface area contributed by atoms with E-state index in [0.717, 1.165) is 24.2 Å². The summed E-state index contributed by atoms with van der Waals surface area (Å²) in [4.78, 5) is 24.3. The summed E-state index contributed by atoms with van der Waals surface area (Å²) in [6, 6.07) is 6.12. The first-order chi connectivity index (χ1) is 11.8. The number of benzene rings is 1. The summed E-state index contributed by atoms with van der Waals surface area (Å²) in [5.74, 6) is -1.61. The molecule has 0 unspecified atom stereocenters. The Morgan fingerprint density at radius 3 is 2.88 bits per heavy atom. The van der Waals surface area contributed by atoms with Gasteiger partial charge in [-0.15, -0.1) is 11.3 Å². The van der Waals surface area contributed by atoms with E-state index in [4.69, 9.17) is 16.3 Å².